The number of rotatable bonds is 5. The van der Waals surface area contributed by atoms with Crippen molar-refractivity contribution < 1.29 is 24.3 Å². The smallest absolute Gasteiger partial charge is 0.358 e. The van der Waals surface area contributed by atoms with E-state index in [1.807, 2.05) is 0 Å². The highest BCUT2D eigenvalue weighted by atomic mass is 16.4. The number of likely N-dealkylation sites (tertiary alicyclic amines) is 1. The predicted octanol–water partition coefficient (Wildman–Crippen LogP) is -1.23. The van der Waals surface area contributed by atoms with Crippen molar-refractivity contribution in [2.24, 2.45) is 5.92 Å². The van der Waals surface area contributed by atoms with Crippen LogP contribution in [0.25, 0.3) is 0 Å². The van der Waals surface area contributed by atoms with Crippen molar-refractivity contribution in [3.8, 4) is 0 Å². The quantitative estimate of drug-likeness (QED) is 0.634. The second-order valence-corrected chi connectivity index (χ2v) is 6.19. The molecule has 1 atom stereocenters. The minimum absolute atomic E-state index is 0.0984. The van der Waals surface area contributed by atoms with Gasteiger partial charge in [0, 0.05) is 19.6 Å². The molecule has 0 saturated carbocycles. The van der Waals surface area contributed by atoms with Crippen molar-refractivity contribution in [2.45, 2.75) is 19.4 Å². The van der Waals surface area contributed by atoms with Crippen LogP contribution in [0.15, 0.2) is 6.20 Å². The van der Waals surface area contributed by atoms with E-state index in [1.54, 1.807) is 4.90 Å². The van der Waals surface area contributed by atoms with Gasteiger partial charge in [0.15, 0.2) is 5.69 Å². The Labute approximate surface area is 142 Å². The van der Waals surface area contributed by atoms with E-state index in [-0.39, 0.29) is 30.6 Å². The molecule has 0 aliphatic carbocycles. The van der Waals surface area contributed by atoms with Gasteiger partial charge in [0.1, 0.15) is 13.1 Å². The molecule has 0 radical (unpaired) electrons. The Morgan fingerprint density at radius 2 is 2.16 bits per heavy atom. The number of hydrogen-bond donors (Lipinski definition) is 2. The second kappa shape index (κ2) is 6.87. The molecule has 134 valence electrons. The van der Waals surface area contributed by atoms with Crippen molar-refractivity contribution in [3.05, 3.63) is 11.9 Å². The molecular weight excluding hydrogens is 332 g/mol. The number of carbonyl (C=O) groups is 4. The molecule has 2 fully saturated rings. The second-order valence-electron chi connectivity index (χ2n) is 6.19. The SMILES string of the molecule is O=C1CN(CC(=O)N2CCCC(Cn3cc(C(=O)O)nn3)C2)C(=O)N1. The van der Waals surface area contributed by atoms with Gasteiger partial charge in [0.05, 0.1) is 6.20 Å². The molecule has 4 amide bonds. The summed E-state index contributed by atoms with van der Waals surface area (Å²) in [5.41, 5.74) is -0.117. The first-order valence-corrected chi connectivity index (χ1v) is 7.92. The number of carboxylic acids is 1. The first-order valence-electron chi connectivity index (χ1n) is 7.92. The van der Waals surface area contributed by atoms with Crippen LogP contribution in [-0.4, -0.2) is 79.9 Å². The molecule has 3 heterocycles. The molecule has 11 heteroatoms. The third-order valence-corrected chi connectivity index (χ3v) is 4.27. The Kier molecular flexibility index (Phi) is 4.63. The summed E-state index contributed by atoms with van der Waals surface area (Å²) in [6.45, 7) is 1.32. The zero-order valence-corrected chi connectivity index (χ0v) is 13.4. The standard InChI is InChI=1S/C14H18N6O5/c21-11-7-19(14(25)15-11)8-12(22)18-3-1-2-9(4-18)5-20-6-10(13(23)24)16-17-20/h6,9H,1-5,7-8H2,(H,23,24)(H,15,21,25). The zero-order chi connectivity index (χ0) is 18.0. The largest absolute Gasteiger partial charge is 0.476 e. The molecule has 1 unspecified atom stereocenters. The molecule has 11 nitrogen and oxygen atoms in total. The van der Waals surface area contributed by atoms with Crippen LogP contribution in [0.3, 0.4) is 0 Å². The first kappa shape index (κ1) is 16.9. The summed E-state index contributed by atoms with van der Waals surface area (Å²) in [6.07, 6.45) is 3.06. The highest BCUT2D eigenvalue weighted by Crippen LogP contribution is 2.18. The van der Waals surface area contributed by atoms with Crippen LogP contribution < -0.4 is 5.32 Å². The number of carbonyl (C=O) groups excluding carboxylic acids is 3. The molecule has 3 rings (SSSR count). The summed E-state index contributed by atoms with van der Waals surface area (Å²) >= 11 is 0. The van der Waals surface area contributed by atoms with Gasteiger partial charge < -0.3 is 14.9 Å². The lowest BCUT2D eigenvalue weighted by molar-refractivity contribution is -0.133. The molecule has 0 spiro atoms. The fourth-order valence-corrected chi connectivity index (χ4v) is 3.06. The first-order chi connectivity index (χ1) is 11.9. The van der Waals surface area contributed by atoms with Gasteiger partial charge >= 0.3 is 12.0 Å². The normalized spacial score (nSPS) is 20.7. The molecule has 1 aromatic heterocycles. The summed E-state index contributed by atoms with van der Waals surface area (Å²) < 4.78 is 1.47. The molecule has 2 saturated heterocycles. The van der Waals surface area contributed by atoms with Gasteiger partial charge in [-0.25, -0.2) is 9.59 Å². The average molecular weight is 350 g/mol. The highest BCUT2D eigenvalue weighted by molar-refractivity contribution is 6.03. The van der Waals surface area contributed by atoms with E-state index < -0.39 is 17.9 Å². The number of amides is 4. The van der Waals surface area contributed by atoms with E-state index in [9.17, 15) is 19.2 Å². The third kappa shape index (κ3) is 3.92. The molecule has 0 aromatic carbocycles. The summed E-state index contributed by atoms with van der Waals surface area (Å²) in [6, 6.07) is -0.546. The highest BCUT2D eigenvalue weighted by Gasteiger charge is 2.31. The number of aromatic carboxylic acids is 1. The van der Waals surface area contributed by atoms with Gasteiger partial charge in [-0.05, 0) is 18.8 Å². The van der Waals surface area contributed by atoms with E-state index in [2.05, 4.69) is 15.6 Å². The molecular formula is C14H18N6O5. The molecule has 2 aliphatic rings. The number of carboxylic acid groups (broad SMARTS) is 1. The summed E-state index contributed by atoms with van der Waals surface area (Å²) in [4.78, 5) is 48.8. The van der Waals surface area contributed by atoms with E-state index in [0.29, 0.717) is 19.6 Å². The number of urea groups is 1. The summed E-state index contributed by atoms with van der Waals surface area (Å²) in [7, 11) is 0. The fraction of sp³-hybridized carbons (Fsp3) is 0.571. The fourth-order valence-electron chi connectivity index (χ4n) is 3.06. The van der Waals surface area contributed by atoms with Crippen LogP contribution >= 0.6 is 0 Å². The van der Waals surface area contributed by atoms with E-state index in [1.165, 1.54) is 15.8 Å². The molecule has 0 bridgehead atoms. The van der Waals surface area contributed by atoms with E-state index in [0.717, 1.165) is 12.8 Å². The Morgan fingerprint density at radius 1 is 1.36 bits per heavy atom. The minimum atomic E-state index is -1.13. The minimum Gasteiger partial charge on any atom is -0.476 e. The Hall–Kier alpha value is -2.98. The lowest BCUT2D eigenvalue weighted by Crippen LogP contribution is -2.46. The van der Waals surface area contributed by atoms with Gasteiger partial charge in [-0.3, -0.25) is 19.6 Å². The number of piperidine rings is 1. The lowest BCUT2D eigenvalue weighted by atomic mass is 9.98. The van der Waals surface area contributed by atoms with Gasteiger partial charge in [-0.2, -0.15) is 0 Å². The molecule has 2 aliphatic heterocycles. The van der Waals surface area contributed by atoms with Crippen LogP contribution in [0.2, 0.25) is 0 Å². The van der Waals surface area contributed by atoms with Gasteiger partial charge in [0.2, 0.25) is 11.8 Å². The van der Waals surface area contributed by atoms with Gasteiger partial charge in [0.25, 0.3) is 0 Å². The van der Waals surface area contributed by atoms with Crippen molar-refractivity contribution in [3.63, 3.8) is 0 Å². The van der Waals surface area contributed by atoms with Crippen LogP contribution in [0.5, 0.6) is 0 Å². The molecule has 2 N–H and O–H groups in total. The number of imide groups is 1. The van der Waals surface area contributed by atoms with Crippen LogP contribution in [-0.2, 0) is 16.1 Å². The Bertz CT molecular complexity index is 716. The maximum atomic E-state index is 12.4. The lowest BCUT2D eigenvalue weighted by Gasteiger charge is -2.33. The Morgan fingerprint density at radius 3 is 2.80 bits per heavy atom. The number of aromatic nitrogens is 3. The van der Waals surface area contributed by atoms with Crippen LogP contribution in [0.1, 0.15) is 23.3 Å². The van der Waals surface area contributed by atoms with Crippen molar-refractivity contribution >= 4 is 23.8 Å². The van der Waals surface area contributed by atoms with Crippen molar-refractivity contribution in [2.75, 3.05) is 26.2 Å². The Balaban J connectivity index is 1.55. The topological polar surface area (TPSA) is 138 Å². The molecule has 1 aromatic rings. The summed E-state index contributed by atoms with van der Waals surface area (Å²) in [5.74, 6) is -1.63. The average Bonchev–Trinajstić information content (AvgIpc) is 3.14. The van der Waals surface area contributed by atoms with Crippen LogP contribution in [0, 0.1) is 5.92 Å². The maximum absolute atomic E-state index is 12.4. The third-order valence-electron chi connectivity index (χ3n) is 4.27. The van der Waals surface area contributed by atoms with Crippen molar-refractivity contribution in [1.82, 2.24) is 30.1 Å². The van der Waals surface area contributed by atoms with E-state index >= 15 is 0 Å². The van der Waals surface area contributed by atoms with Crippen LogP contribution in [0.4, 0.5) is 4.79 Å². The summed E-state index contributed by atoms with van der Waals surface area (Å²) in [5, 5.41) is 18.4. The van der Waals surface area contributed by atoms with Gasteiger partial charge in [-0.15, -0.1) is 5.10 Å². The van der Waals surface area contributed by atoms with E-state index in [4.69, 9.17) is 5.11 Å². The van der Waals surface area contributed by atoms with Crippen molar-refractivity contribution in [1.29, 1.82) is 0 Å². The number of nitrogens with one attached hydrogen (secondary N) is 1. The monoisotopic (exact) mass is 350 g/mol. The van der Waals surface area contributed by atoms with Gasteiger partial charge in [-0.1, -0.05) is 5.21 Å². The maximum Gasteiger partial charge on any atom is 0.358 e. The molecule has 25 heavy (non-hydrogen) atoms. The predicted molar refractivity (Wildman–Crippen MR) is 81.4 cm³/mol. The number of nitrogens with zero attached hydrogens (tertiary/aromatic N) is 5. The zero-order valence-electron chi connectivity index (χ0n) is 13.4. The number of hydrogen-bond acceptors (Lipinski definition) is 6.